The second-order valence-corrected chi connectivity index (χ2v) is 4.31. The van der Waals surface area contributed by atoms with Crippen LogP contribution in [0.5, 0.6) is 11.5 Å². The molecule has 3 rings (SSSR count). The average Bonchev–Trinajstić information content (AvgIpc) is 2.70. The first kappa shape index (κ1) is 5.48. The summed E-state index contributed by atoms with van der Waals surface area (Å²) in [7, 11) is 0. The quantitative estimate of drug-likeness (QED) is 0.863. The molecule has 0 spiro atoms. The predicted octanol–water partition coefficient (Wildman–Crippen LogP) is 0.914. The molecule has 0 amide bonds. The molecule has 1 aromatic carbocycles. The number of hydrogen-bond donors (Lipinski definition) is 2. The van der Waals surface area contributed by atoms with Gasteiger partial charge in [-0.2, -0.15) is 0 Å². The highest BCUT2D eigenvalue weighted by atomic mass is 16.6. The summed E-state index contributed by atoms with van der Waals surface area (Å²) in [5.74, 6) is -0.364. The van der Waals surface area contributed by atoms with Gasteiger partial charge in [0.15, 0.2) is 11.5 Å². The number of aliphatic hydroxyl groups is 1. The van der Waals surface area contributed by atoms with Crippen molar-refractivity contribution in [1.29, 1.82) is 0 Å². The standard InChI is InChI=1S/C15H22N2O3/c16-12(10-17-5-1-2-6-17)15(18)11-3-4-13-14(9-11)20-8-7-19-13/h3-4,9,12,15,18H,1-2,5-8,10,16H2/t12-,15-/m1/s1/i1D2,2D2,5D2,6D2,7D2,8D2. The van der Waals surface area contributed by atoms with Gasteiger partial charge in [0.1, 0.15) is 13.1 Å². The molecule has 20 heavy (non-hydrogen) atoms. The Morgan fingerprint density at radius 3 is 2.70 bits per heavy atom. The van der Waals surface area contributed by atoms with Gasteiger partial charge in [0, 0.05) is 23.6 Å². The lowest BCUT2D eigenvalue weighted by atomic mass is 10.0. The molecule has 3 N–H and O–H groups in total. The Morgan fingerprint density at radius 2 is 1.95 bits per heavy atom. The van der Waals surface area contributed by atoms with E-state index in [0.717, 1.165) is 6.07 Å². The zero-order valence-electron chi connectivity index (χ0n) is 22.4. The van der Waals surface area contributed by atoms with Gasteiger partial charge in [-0.1, -0.05) is 6.07 Å². The van der Waals surface area contributed by atoms with Gasteiger partial charge in [-0.05, 0) is 43.4 Å². The number of nitrogens with zero attached hydrogens (tertiary/aromatic N) is 1. The SMILES string of the molecule is [2H]C1([2H])Oc2ccc([C@@H](O)[C@H](N)CN3C([2H])([2H])C([2H])([2H])C([2H])([2H])C3([2H])[2H])cc2OC1([2H])[2H]. The van der Waals surface area contributed by atoms with E-state index in [1.54, 1.807) is 0 Å². The van der Waals surface area contributed by atoms with Crippen LogP contribution in [0.1, 0.15) is 40.9 Å². The lowest BCUT2D eigenvalue weighted by Crippen LogP contribution is -2.40. The Kier molecular flexibility index (Phi) is 1.64. The normalized spacial score (nSPS) is 45.7. The Bertz CT molecular complexity index is 884. The third kappa shape index (κ3) is 2.90. The highest BCUT2D eigenvalue weighted by Gasteiger charge is 2.23. The zero-order chi connectivity index (χ0) is 24.7. The van der Waals surface area contributed by atoms with Crippen LogP contribution in [-0.4, -0.2) is 48.7 Å². The Morgan fingerprint density at radius 1 is 1.25 bits per heavy atom. The Hall–Kier alpha value is -1.30. The average molecular weight is 290 g/mol. The number of fused-ring (bicyclic) bond motifs is 1. The number of aliphatic hydroxyl groups excluding tert-OH is 1. The molecule has 0 unspecified atom stereocenters. The van der Waals surface area contributed by atoms with Crippen molar-refractivity contribution in [1.82, 2.24) is 4.90 Å². The largest absolute Gasteiger partial charge is 0.486 e. The first-order valence-electron chi connectivity index (χ1n) is 11.9. The van der Waals surface area contributed by atoms with E-state index >= 15 is 0 Å². The van der Waals surface area contributed by atoms with Crippen LogP contribution in [-0.2, 0) is 0 Å². The van der Waals surface area contributed by atoms with Crippen LogP contribution in [0.4, 0.5) is 0 Å². The number of likely N-dealkylation sites (tertiary alicyclic amines) is 1. The first-order valence-corrected chi connectivity index (χ1v) is 5.94. The van der Waals surface area contributed by atoms with Crippen molar-refractivity contribution in [2.75, 3.05) is 32.7 Å². The van der Waals surface area contributed by atoms with Crippen LogP contribution in [0.3, 0.4) is 0 Å². The summed E-state index contributed by atoms with van der Waals surface area (Å²) in [6.07, 6.45) is -8.05. The smallest absolute Gasteiger partial charge is 0.161 e. The van der Waals surface area contributed by atoms with Crippen LogP contribution in [0.2, 0.25) is 0 Å². The summed E-state index contributed by atoms with van der Waals surface area (Å²) in [6, 6.07) is 2.20. The lowest BCUT2D eigenvalue weighted by Gasteiger charge is -2.26. The van der Waals surface area contributed by atoms with Gasteiger partial charge in [-0.3, -0.25) is 0 Å². The fraction of sp³-hybridized carbons (Fsp3) is 0.600. The van der Waals surface area contributed by atoms with Crippen LogP contribution in [0, 0.1) is 0 Å². The molecule has 110 valence electrons. The summed E-state index contributed by atoms with van der Waals surface area (Å²) in [5.41, 5.74) is 5.98. The maximum absolute atomic E-state index is 10.6. The maximum atomic E-state index is 10.6. The van der Waals surface area contributed by atoms with E-state index in [9.17, 15) is 5.11 Å². The monoisotopic (exact) mass is 290 g/mol. The summed E-state index contributed by atoms with van der Waals surface area (Å²) >= 11 is 0. The molecule has 0 bridgehead atoms. The van der Waals surface area contributed by atoms with E-state index in [0.29, 0.717) is 4.90 Å². The van der Waals surface area contributed by atoms with E-state index in [-0.39, 0.29) is 17.1 Å². The second kappa shape index (κ2) is 5.99. The molecule has 1 fully saturated rings. The minimum atomic E-state index is -3.23. The van der Waals surface area contributed by atoms with Gasteiger partial charge < -0.3 is 25.2 Å². The van der Waals surface area contributed by atoms with E-state index in [1.807, 2.05) is 0 Å². The first-order chi connectivity index (χ1) is 14.2. The number of ether oxygens (including phenoxy) is 2. The second-order valence-electron chi connectivity index (χ2n) is 4.31. The number of rotatable bonds is 4. The molecule has 0 saturated carbocycles. The lowest BCUT2D eigenvalue weighted by molar-refractivity contribution is 0.124. The van der Waals surface area contributed by atoms with Crippen molar-refractivity contribution in [2.45, 2.75) is 24.9 Å². The Balaban J connectivity index is 1.87. The molecule has 5 nitrogen and oxygen atoms in total. The zero-order valence-corrected chi connectivity index (χ0v) is 10.4. The molecule has 2 aliphatic heterocycles. The Labute approximate surface area is 136 Å². The van der Waals surface area contributed by atoms with Crippen LogP contribution in [0.25, 0.3) is 0 Å². The summed E-state index contributed by atoms with van der Waals surface area (Å²) in [4.78, 5) is 0.305. The maximum Gasteiger partial charge on any atom is 0.161 e. The predicted molar refractivity (Wildman–Crippen MR) is 76.0 cm³/mol. The van der Waals surface area contributed by atoms with Gasteiger partial charge in [-0.25, -0.2) is 0 Å². The van der Waals surface area contributed by atoms with E-state index in [2.05, 4.69) is 0 Å². The highest BCUT2D eigenvalue weighted by Crippen LogP contribution is 2.33. The molecule has 1 saturated heterocycles. The van der Waals surface area contributed by atoms with E-state index < -0.39 is 57.5 Å². The summed E-state index contributed by atoms with van der Waals surface area (Å²) in [5, 5.41) is 10.6. The molecule has 2 aliphatic rings. The van der Waals surface area contributed by atoms with Crippen molar-refractivity contribution in [2.24, 2.45) is 5.73 Å². The number of benzene rings is 1. The molecular formula is C15H22N2O3. The van der Waals surface area contributed by atoms with E-state index in [4.69, 9.17) is 31.7 Å². The molecule has 0 aliphatic carbocycles. The summed E-state index contributed by atoms with van der Waals surface area (Å²) in [6.45, 7) is -12.6. The highest BCUT2D eigenvalue weighted by molar-refractivity contribution is 5.44. The van der Waals surface area contributed by atoms with Gasteiger partial charge in [0.05, 0.1) is 11.6 Å². The fourth-order valence-electron chi connectivity index (χ4n) is 1.89. The molecule has 0 aromatic heterocycles. The minimum Gasteiger partial charge on any atom is -0.486 e. The fourth-order valence-corrected chi connectivity index (χ4v) is 1.89. The van der Waals surface area contributed by atoms with Crippen molar-refractivity contribution < 1.29 is 31.0 Å². The van der Waals surface area contributed by atoms with Crippen molar-refractivity contribution in [3.05, 3.63) is 23.8 Å². The molecule has 0 radical (unpaired) electrons. The van der Waals surface area contributed by atoms with Crippen molar-refractivity contribution in [3.8, 4) is 11.5 Å². The molecule has 2 heterocycles. The third-order valence-corrected chi connectivity index (χ3v) is 2.92. The van der Waals surface area contributed by atoms with Crippen molar-refractivity contribution in [3.63, 3.8) is 0 Å². The topological polar surface area (TPSA) is 68.0 Å². The van der Waals surface area contributed by atoms with Gasteiger partial charge in [-0.15, -0.1) is 0 Å². The van der Waals surface area contributed by atoms with Crippen LogP contribution >= 0.6 is 0 Å². The number of hydrogen-bond acceptors (Lipinski definition) is 5. The van der Waals surface area contributed by atoms with Crippen molar-refractivity contribution >= 4 is 0 Å². The molecule has 1 aromatic rings. The van der Waals surface area contributed by atoms with Crippen LogP contribution < -0.4 is 15.2 Å². The summed E-state index contributed by atoms with van der Waals surface area (Å²) < 4.78 is 104. The van der Waals surface area contributed by atoms with E-state index in [1.165, 1.54) is 12.1 Å². The van der Waals surface area contributed by atoms with Gasteiger partial charge >= 0.3 is 0 Å². The molecular weight excluding hydrogens is 256 g/mol. The molecule has 2 atom stereocenters. The van der Waals surface area contributed by atoms with Crippen LogP contribution in [0.15, 0.2) is 18.2 Å². The van der Waals surface area contributed by atoms with Gasteiger partial charge in [0.2, 0.25) is 0 Å². The third-order valence-electron chi connectivity index (χ3n) is 2.92. The number of nitrogens with two attached hydrogens (primary N) is 1. The minimum absolute atomic E-state index is 0.0319. The van der Waals surface area contributed by atoms with Gasteiger partial charge in [0.25, 0.3) is 0 Å². The molecule has 5 heteroatoms.